The van der Waals surface area contributed by atoms with E-state index in [4.69, 9.17) is 10.5 Å². The molecule has 0 spiro atoms. The molecule has 5 rings (SSSR count). The molecule has 1 fully saturated rings. The van der Waals surface area contributed by atoms with E-state index in [0.717, 1.165) is 36.0 Å². The molecular formula is C25H27F2N3O2. The Morgan fingerprint density at radius 1 is 1.22 bits per heavy atom. The fourth-order valence-corrected chi connectivity index (χ4v) is 4.78. The summed E-state index contributed by atoms with van der Waals surface area (Å²) in [6, 6.07) is 8.05. The number of alkyl halides is 1. The number of halogens is 2. The van der Waals surface area contributed by atoms with E-state index in [0.29, 0.717) is 41.4 Å². The molecule has 3 aromatic rings. The van der Waals surface area contributed by atoms with Gasteiger partial charge >= 0.3 is 0 Å². The van der Waals surface area contributed by atoms with E-state index in [9.17, 15) is 13.6 Å². The number of primary amides is 1. The van der Waals surface area contributed by atoms with Crippen LogP contribution in [-0.4, -0.2) is 41.5 Å². The van der Waals surface area contributed by atoms with Crippen molar-refractivity contribution in [3.63, 3.8) is 0 Å². The van der Waals surface area contributed by atoms with E-state index in [2.05, 4.69) is 9.88 Å². The van der Waals surface area contributed by atoms with Crippen LogP contribution in [0.25, 0.3) is 10.9 Å². The molecule has 3 N–H and O–H groups in total. The van der Waals surface area contributed by atoms with Crippen molar-refractivity contribution in [2.75, 3.05) is 19.7 Å². The van der Waals surface area contributed by atoms with E-state index < -0.39 is 12.6 Å². The zero-order valence-corrected chi connectivity index (χ0v) is 17.9. The maximum Gasteiger partial charge on any atom is 0.249 e. The average molecular weight is 440 g/mol. The van der Waals surface area contributed by atoms with E-state index in [1.807, 2.05) is 6.20 Å². The topological polar surface area (TPSA) is 71.4 Å². The van der Waals surface area contributed by atoms with Gasteiger partial charge in [-0.2, -0.15) is 0 Å². The molecule has 168 valence electrons. The summed E-state index contributed by atoms with van der Waals surface area (Å²) in [5.41, 5.74) is 9.16. The molecule has 7 heteroatoms. The molecule has 1 amide bonds. The SMILES string of the molecule is NC(=O)c1ccc(CF)c2c1CC(N(CCc1c[nH]c3ccc(F)cc13)CC1CC1)CO2. The second kappa shape index (κ2) is 8.54. The standard InChI is InChI=1S/C25H27F2N3O2/c26-11-16-3-5-20(25(28)31)22-10-19(14-32-24(16)22)30(13-15-1-2-15)8-7-17-12-29-23-6-4-18(27)9-21(17)23/h3-6,9,12,15,19,29H,1-2,7-8,10-11,13-14H2,(H2,28,31). The minimum Gasteiger partial charge on any atom is -0.491 e. The molecule has 32 heavy (non-hydrogen) atoms. The summed E-state index contributed by atoms with van der Waals surface area (Å²) in [5.74, 6) is 0.377. The summed E-state index contributed by atoms with van der Waals surface area (Å²) < 4.78 is 33.3. The molecule has 0 bridgehead atoms. The number of carbonyl (C=O) groups is 1. The van der Waals surface area contributed by atoms with E-state index in [1.165, 1.54) is 18.9 Å². The van der Waals surface area contributed by atoms with Crippen molar-refractivity contribution in [1.82, 2.24) is 9.88 Å². The molecule has 1 saturated carbocycles. The minimum absolute atomic E-state index is 0.0676. The number of H-pyrrole nitrogens is 1. The number of hydrogen-bond donors (Lipinski definition) is 2. The van der Waals surface area contributed by atoms with Gasteiger partial charge < -0.3 is 15.5 Å². The minimum atomic E-state index is -0.644. The van der Waals surface area contributed by atoms with Crippen LogP contribution in [0.5, 0.6) is 5.75 Å². The number of amides is 1. The number of nitrogens with two attached hydrogens (primary N) is 1. The Hall–Kier alpha value is -2.93. The Morgan fingerprint density at radius 3 is 2.81 bits per heavy atom. The van der Waals surface area contributed by atoms with Gasteiger partial charge in [0.2, 0.25) is 5.91 Å². The molecule has 1 aliphatic carbocycles. The van der Waals surface area contributed by atoms with Gasteiger partial charge in [0.15, 0.2) is 0 Å². The summed E-state index contributed by atoms with van der Waals surface area (Å²) in [5, 5.41) is 0.908. The Balaban J connectivity index is 1.38. The molecular weight excluding hydrogens is 412 g/mol. The third-order valence-corrected chi connectivity index (χ3v) is 6.72. The van der Waals surface area contributed by atoms with Crippen LogP contribution in [0, 0.1) is 11.7 Å². The number of nitrogens with zero attached hydrogens (tertiary/aromatic N) is 1. The highest BCUT2D eigenvalue weighted by Crippen LogP contribution is 2.36. The molecule has 0 saturated heterocycles. The molecule has 2 heterocycles. The van der Waals surface area contributed by atoms with Crippen LogP contribution in [0.1, 0.15) is 39.9 Å². The van der Waals surface area contributed by atoms with E-state index in [-0.39, 0.29) is 11.9 Å². The molecule has 1 atom stereocenters. The van der Waals surface area contributed by atoms with Crippen LogP contribution >= 0.6 is 0 Å². The van der Waals surface area contributed by atoms with Gasteiger partial charge in [-0.25, -0.2) is 8.78 Å². The van der Waals surface area contributed by atoms with Crippen molar-refractivity contribution in [3.8, 4) is 5.75 Å². The number of carbonyl (C=O) groups excluding carboxylic acids is 1. The Morgan fingerprint density at radius 2 is 2.06 bits per heavy atom. The van der Waals surface area contributed by atoms with Gasteiger partial charge in [0.1, 0.15) is 24.8 Å². The lowest BCUT2D eigenvalue weighted by molar-refractivity contribution is 0.0984. The van der Waals surface area contributed by atoms with Gasteiger partial charge in [-0.1, -0.05) is 6.07 Å². The Kier molecular flexibility index (Phi) is 5.59. The zero-order valence-electron chi connectivity index (χ0n) is 17.9. The lowest BCUT2D eigenvalue weighted by atomic mass is 9.93. The molecule has 1 aromatic heterocycles. The highest BCUT2D eigenvalue weighted by atomic mass is 19.1. The van der Waals surface area contributed by atoms with Crippen molar-refractivity contribution < 1.29 is 18.3 Å². The smallest absolute Gasteiger partial charge is 0.249 e. The first-order valence-electron chi connectivity index (χ1n) is 11.2. The predicted molar refractivity (Wildman–Crippen MR) is 119 cm³/mol. The van der Waals surface area contributed by atoms with Crippen molar-refractivity contribution in [2.45, 2.75) is 38.4 Å². The molecule has 1 unspecified atom stereocenters. The summed E-state index contributed by atoms with van der Waals surface area (Å²) in [7, 11) is 0. The van der Waals surface area contributed by atoms with Crippen molar-refractivity contribution in [3.05, 3.63) is 64.6 Å². The fraction of sp³-hybridized carbons (Fsp3) is 0.400. The molecule has 2 aromatic carbocycles. The van der Waals surface area contributed by atoms with Gasteiger partial charge in [0.05, 0.1) is 0 Å². The number of rotatable bonds is 8. The lowest BCUT2D eigenvalue weighted by Crippen LogP contribution is -2.45. The molecule has 5 nitrogen and oxygen atoms in total. The van der Waals surface area contributed by atoms with Crippen LogP contribution in [0.3, 0.4) is 0 Å². The van der Waals surface area contributed by atoms with Crippen molar-refractivity contribution in [1.29, 1.82) is 0 Å². The van der Waals surface area contributed by atoms with Gasteiger partial charge in [-0.15, -0.1) is 0 Å². The summed E-state index contributed by atoms with van der Waals surface area (Å²) in [6.45, 7) is 1.54. The number of benzene rings is 2. The van der Waals surface area contributed by atoms with Gasteiger partial charge in [-0.3, -0.25) is 9.69 Å². The zero-order chi connectivity index (χ0) is 22.2. The largest absolute Gasteiger partial charge is 0.491 e. The number of aromatic amines is 1. The summed E-state index contributed by atoms with van der Waals surface area (Å²) in [6.07, 6.45) is 5.75. The summed E-state index contributed by atoms with van der Waals surface area (Å²) in [4.78, 5) is 17.6. The van der Waals surface area contributed by atoms with Crippen molar-refractivity contribution in [2.24, 2.45) is 11.7 Å². The van der Waals surface area contributed by atoms with Crippen LogP contribution in [-0.2, 0) is 19.5 Å². The lowest BCUT2D eigenvalue weighted by Gasteiger charge is -2.36. The van der Waals surface area contributed by atoms with Crippen LogP contribution in [0.2, 0.25) is 0 Å². The first-order chi connectivity index (χ1) is 15.5. The number of ether oxygens (including phenoxy) is 1. The van der Waals surface area contributed by atoms with Gasteiger partial charge in [0.25, 0.3) is 0 Å². The van der Waals surface area contributed by atoms with E-state index >= 15 is 0 Å². The van der Waals surface area contributed by atoms with Crippen LogP contribution in [0.4, 0.5) is 8.78 Å². The first kappa shape index (κ1) is 20.9. The molecule has 0 radical (unpaired) electrons. The highest BCUT2D eigenvalue weighted by molar-refractivity contribution is 5.95. The number of aromatic nitrogens is 1. The number of fused-ring (bicyclic) bond motifs is 2. The van der Waals surface area contributed by atoms with Gasteiger partial charge in [0, 0.05) is 52.9 Å². The normalized spacial score (nSPS) is 18.0. The number of nitrogens with one attached hydrogen (secondary N) is 1. The van der Waals surface area contributed by atoms with Crippen LogP contribution < -0.4 is 10.5 Å². The van der Waals surface area contributed by atoms with Gasteiger partial charge in [-0.05, 0) is 61.4 Å². The first-order valence-corrected chi connectivity index (χ1v) is 11.2. The Labute approximate surface area is 185 Å². The second-order valence-corrected chi connectivity index (χ2v) is 8.94. The second-order valence-electron chi connectivity index (χ2n) is 8.94. The maximum absolute atomic E-state index is 13.8. The van der Waals surface area contributed by atoms with Crippen LogP contribution in [0.15, 0.2) is 36.5 Å². The average Bonchev–Trinajstić information content (AvgIpc) is 3.53. The highest BCUT2D eigenvalue weighted by Gasteiger charge is 2.33. The monoisotopic (exact) mass is 439 g/mol. The molecule has 1 aliphatic heterocycles. The quantitative estimate of drug-likeness (QED) is 0.554. The third-order valence-electron chi connectivity index (χ3n) is 6.72. The maximum atomic E-state index is 13.8. The third kappa shape index (κ3) is 4.09. The Bertz CT molecular complexity index is 1160. The number of hydrogen-bond acceptors (Lipinski definition) is 3. The van der Waals surface area contributed by atoms with E-state index in [1.54, 1.807) is 24.3 Å². The summed E-state index contributed by atoms with van der Waals surface area (Å²) >= 11 is 0. The fourth-order valence-electron chi connectivity index (χ4n) is 4.78. The predicted octanol–water partition coefficient (Wildman–Crippen LogP) is 4.13. The van der Waals surface area contributed by atoms with Crippen molar-refractivity contribution >= 4 is 16.8 Å². The molecule has 2 aliphatic rings.